The zero-order valence-corrected chi connectivity index (χ0v) is 13.4. The van der Waals surface area contributed by atoms with Crippen molar-refractivity contribution in [2.45, 2.75) is 38.0 Å². The third kappa shape index (κ3) is 5.32. The van der Waals surface area contributed by atoms with E-state index < -0.39 is 15.8 Å². The Hall–Kier alpha value is -0.760. The van der Waals surface area contributed by atoms with E-state index in [2.05, 4.69) is 0 Å². The first-order valence-corrected chi connectivity index (χ1v) is 9.45. The van der Waals surface area contributed by atoms with Crippen LogP contribution in [0.25, 0.3) is 0 Å². The van der Waals surface area contributed by atoms with Crippen LogP contribution in [0, 0.1) is 0 Å². The first-order chi connectivity index (χ1) is 9.25. The number of thioether (sulfide) groups is 1. The fourth-order valence-corrected chi connectivity index (χ4v) is 5.55. The van der Waals surface area contributed by atoms with Crippen LogP contribution in [0.1, 0.15) is 26.7 Å². The van der Waals surface area contributed by atoms with Crippen molar-refractivity contribution in [1.82, 2.24) is 4.90 Å². The number of carboxylic acid groups (broad SMARTS) is 1. The molecule has 1 fully saturated rings. The highest BCUT2D eigenvalue weighted by Gasteiger charge is 2.30. The van der Waals surface area contributed by atoms with Crippen molar-refractivity contribution in [2.75, 3.05) is 23.8 Å². The summed E-state index contributed by atoms with van der Waals surface area (Å²) < 4.78 is 22.7. The third-order valence-electron chi connectivity index (χ3n) is 3.38. The summed E-state index contributed by atoms with van der Waals surface area (Å²) >= 11 is 1.31. The summed E-state index contributed by atoms with van der Waals surface area (Å²) in [6, 6.07) is -0.133. The van der Waals surface area contributed by atoms with Crippen molar-refractivity contribution in [3.8, 4) is 0 Å². The van der Waals surface area contributed by atoms with Crippen molar-refractivity contribution in [2.24, 2.45) is 0 Å². The van der Waals surface area contributed by atoms with Crippen LogP contribution in [0.2, 0.25) is 0 Å². The molecular formula is C12H21NO5S2. The molecule has 0 aromatic rings. The van der Waals surface area contributed by atoms with E-state index in [0.29, 0.717) is 12.8 Å². The second kappa shape index (κ2) is 7.31. The Morgan fingerprint density at radius 1 is 1.45 bits per heavy atom. The highest BCUT2D eigenvalue weighted by Crippen LogP contribution is 2.24. The van der Waals surface area contributed by atoms with Crippen molar-refractivity contribution >= 4 is 33.5 Å². The minimum Gasteiger partial charge on any atom is -0.480 e. The second-order valence-electron chi connectivity index (χ2n) is 5.01. The lowest BCUT2D eigenvalue weighted by molar-refractivity contribution is -0.144. The molecule has 0 spiro atoms. The topological polar surface area (TPSA) is 91.8 Å². The number of aliphatic carboxylic acids is 1. The summed E-state index contributed by atoms with van der Waals surface area (Å²) in [5.74, 6) is -0.836. The maximum absolute atomic E-state index is 12.1. The molecule has 0 saturated carbocycles. The third-order valence-corrected chi connectivity index (χ3v) is 6.65. The lowest BCUT2D eigenvalue weighted by atomic mass is 10.2. The molecular weight excluding hydrogens is 302 g/mol. The Labute approximate surface area is 123 Å². The molecule has 1 rings (SSSR count). The zero-order chi connectivity index (χ0) is 15.3. The van der Waals surface area contributed by atoms with E-state index in [9.17, 15) is 18.0 Å². The van der Waals surface area contributed by atoms with Gasteiger partial charge in [-0.25, -0.2) is 8.42 Å². The Balaban J connectivity index is 2.52. The van der Waals surface area contributed by atoms with Gasteiger partial charge in [-0.3, -0.25) is 9.59 Å². The van der Waals surface area contributed by atoms with Crippen LogP contribution in [-0.4, -0.2) is 65.4 Å². The van der Waals surface area contributed by atoms with Crippen molar-refractivity contribution in [3.63, 3.8) is 0 Å². The molecule has 8 heteroatoms. The summed E-state index contributed by atoms with van der Waals surface area (Å²) in [5.41, 5.74) is 0. The standard InChI is InChI=1S/C12H21NO5S2/c1-3-9(2)13(6-12(15)16)11(14)7-19-10-4-5-20(17,18)8-10/h9-10H,3-8H2,1-2H3,(H,15,16). The Morgan fingerprint density at radius 2 is 2.10 bits per heavy atom. The van der Waals surface area contributed by atoms with Gasteiger partial charge in [-0.15, -0.1) is 11.8 Å². The van der Waals surface area contributed by atoms with E-state index >= 15 is 0 Å². The molecule has 1 aliphatic heterocycles. The van der Waals surface area contributed by atoms with Crippen LogP contribution in [0.4, 0.5) is 0 Å². The molecule has 0 aliphatic carbocycles. The fraction of sp³-hybridized carbons (Fsp3) is 0.833. The highest BCUT2D eigenvalue weighted by molar-refractivity contribution is 8.02. The number of carbonyl (C=O) groups is 2. The number of hydrogen-bond acceptors (Lipinski definition) is 5. The summed E-state index contributed by atoms with van der Waals surface area (Å²) in [6.07, 6.45) is 1.25. The Bertz CT molecular complexity index is 462. The highest BCUT2D eigenvalue weighted by atomic mass is 32.2. The van der Waals surface area contributed by atoms with Crippen LogP contribution in [0.5, 0.6) is 0 Å². The Kier molecular flexibility index (Phi) is 6.32. The van der Waals surface area contributed by atoms with E-state index in [1.807, 2.05) is 13.8 Å². The number of carbonyl (C=O) groups excluding carboxylic acids is 1. The van der Waals surface area contributed by atoms with Gasteiger partial charge in [-0.2, -0.15) is 0 Å². The smallest absolute Gasteiger partial charge is 0.323 e. The van der Waals surface area contributed by atoms with Gasteiger partial charge in [0.2, 0.25) is 5.91 Å². The lowest BCUT2D eigenvalue weighted by Crippen LogP contribution is -2.43. The predicted octanol–water partition coefficient (Wildman–Crippen LogP) is 0.618. The van der Waals surface area contributed by atoms with Gasteiger partial charge in [0.15, 0.2) is 9.84 Å². The minimum absolute atomic E-state index is 0.0486. The predicted molar refractivity (Wildman–Crippen MR) is 78.6 cm³/mol. The molecule has 6 nitrogen and oxygen atoms in total. The van der Waals surface area contributed by atoms with Gasteiger partial charge in [-0.05, 0) is 19.8 Å². The molecule has 1 heterocycles. The average molecular weight is 323 g/mol. The van der Waals surface area contributed by atoms with Gasteiger partial charge in [-0.1, -0.05) is 6.92 Å². The molecule has 0 bridgehead atoms. The average Bonchev–Trinajstić information content (AvgIpc) is 2.71. The summed E-state index contributed by atoms with van der Waals surface area (Å²) in [4.78, 5) is 24.2. The first kappa shape index (κ1) is 17.3. The minimum atomic E-state index is -2.94. The maximum Gasteiger partial charge on any atom is 0.323 e. The number of carboxylic acids is 1. The number of rotatable bonds is 7. The monoisotopic (exact) mass is 323 g/mol. The largest absolute Gasteiger partial charge is 0.480 e. The molecule has 2 atom stereocenters. The molecule has 1 N–H and O–H groups in total. The normalized spacial score (nSPS) is 22.4. The Morgan fingerprint density at radius 3 is 2.55 bits per heavy atom. The van der Waals surface area contributed by atoms with Crippen LogP contribution in [-0.2, 0) is 19.4 Å². The molecule has 20 heavy (non-hydrogen) atoms. The molecule has 1 aliphatic rings. The van der Waals surface area contributed by atoms with Crippen LogP contribution in [0.3, 0.4) is 0 Å². The molecule has 1 saturated heterocycles. The van der Waals surface area contributed by atoms with Gasteiger partial charge in [0.25, 0.3) is 0 Å². The number of sulfone groups is 1. The van der Waals surface area contributed by atoms with Crippen LogP contribution in [0.15, 0.2) is 0 Å². The van der Waals surface area contributed by atoms with Crippen LogP contribution < -0.4 is 0 Å². The van der Waals surface area contributed by atoms with Crippen molar-refractivity contribution < 1.29 is 23.1 Å². The lowest BCUT2D eigenvalue weighted by Gasteiger charge is -2.27. The summed E-state index contributed by atoms with van der Waals surface area (Å²) in [6.45, 7) is 3.40. The van der Waals surface area contributed by atoms with Crippen molar-refractivity contribution in [3.05, 3.63) is 0 Å². The molecule has 1 amide bonds. The van der Waals surface area contributed by atoms with E-state index in [4.69, 9.17) is 5.11 Å². The van der Waals surface area contributed by atoms with Gasteiger partial charge >= 0.3 is 5.97 Å². The number of hydrogen-bond donors (Lipinski definition) is 1. The number of nitrogens with zero attached hydrogens (tertiary/aromatic N) is 1. The quantitative estimate of drug-likeness (QED) is 0.738. The van der Waals surface area contributed by atoms with Gasteiger partial charge in [0, 0.05) is 11.3 Å². The second-order valence-corrected chi connectivity index (χ2v) is 8.53. The van der Waals surface area contributed by atoms with Gasteiger partial charge in [0.1, 0.15) is 6.54 Å². The fourth-order valence-electron chi connectivity index (χ4n) is 2.02. The number of amides is 1. The summed E-state index contributed by atoms with van der Waals surface area (Å²) in [7, 11) is -2.94. The van der Waals surface area contributed by atoms with Gasteiger partial charge in [0.05, 0.1) is 17.3 Å². The molecule has 116 valence electrons. The zero-order valence-electron chi connectivity index (χ0n) is 11.7. The van der Waals surface area contributed by atoms with E-state index in [0.717, 1.165) is 0 Å². The van der Waals surface area contributed by atoms with E-state index in [1.165, 1.54) is 16.7 Å². The van der Waals surface area contributed by atoms with Crippen molar-refractivity contribution in [1.29, 1.82) is 0 Å². The molecule has 2 unspecified atom stereocenters. The summed E-state index contributed by atoms with van der Waals surface area (Å²) in [5, 5.41) is 8.80. The van der Waals surface area contributed by atoms with E-state index in [1.54, 1.807) is 0 Å². The first-order valence-electron chi connectivity index (χ1n) is 6.58. The SMILES string of the molecule is CCC(C)N(CC(=O)O)C(=O)CSC1CCS(=O)(=O)C1. The molecule has 0 aromatic carbocycles. The van der Waals surface area contributed by atoms with Crippen LogP contribution >= 0.6 is 11.8 Å². The van der Waals surface area contributed by atoms with Gasteiger partial charge < -0.3 is 10.0 Å². The maximum atomic E-state index is 12.1. The van der Waals surface area contributed by atoms with E-state index in [-0.39, 0.29) is 41.0 Å². The molecule has 0 aromatic heterocycles. The molecule has 0 radical (unpaired) electrons.